The molecular weight excluding hydrogens is 519 g/mol. The van der Waals surface area contributed by atoms with Crippen LogP contribution in [0, 0.1) is 0 Å². The Morgan fingerprint density at radius 3 is 1.57 bits per heavy atom. The summed E-state index contributed by atoms with van der Waals surface area (Å²) in [5, 5.41) is 0. The van der Waals surface area contributed by atoms with Gasteiger partial charge in [-0.15, -0.1) is 0 Å². The Hall–Kier alpha value is -2.55. The lowest BCUT2D eigenvalue weighted by molar-refractivity contribution is -0.436. The Balaban J connectivity index is 2.56. The molecule has 0 radical (unpaired) electrons. The van der Waals surface area contributed by atoms with Gasteiger partial charge in [-0.3, -0.25) is 4.79 Å². The fourth-order valence-corrected chi connectivity index (χ4v) is 3.08. The lowest BCUT2D eigenvalue weighted by atomic mass is 9.93. The molecule has 16 heteroatoms. The molecule has 0 saturated carbocycles. The highest BCUT2D eigenvalue weighted by Crippen LogP contribution is 2.60. The summed E-state index contributed by atoms with van der Waals surface area (Å²) in [5.74, 6) is -42.8. The molecule has 0 spiro atoms. The number of likely N-dealkylation sites (tertiary alicyclic amines) is 1. The number of hydrogen-bond donors (Lipinski definition) is 0. The molecule has 1 heterocycles. The largest absolute Gasteiger partial charge is 0.460 e. The van der Waals surface area contributed by atoms with Crippen molar-refractivity contribution in [2.45, 2.75) is 55.1 Å². The second kappa shape index (κ2) is 9.15. The van der Waals surface area contributed by atoms with Gasteiger partial charge in [-0.25, -0.2) is 0 Å². The van der Waals surface area contributed by atoms with Crippen LogP contribution in [0.2, 0.25) is 0 Å². The second-order valence-corrected chi connectivity index (χ2v) is 7.52. The first-order valence-corrected chi connectivity index (χ1v) is 9.62. The first-order chi connectivity index (χ1) is 15.7. The summed E-state index contributed by atoms with van der Waals surface area (Å²) in [6, 6.07) is 6.30. The third-order valence-corrected chi connectivity index (χ3v) is 5.10. The summed E-state index contributed by atoms with van der Waals surface area (Å²) in [6.45, 7) is 0.0734. The van der Waals surface area contributed by atoms with Gasteiger partial charge in [0.2, 0.25) is 0 Å². The molecule has 198 valence electrons. The zero-order valence-electron chi connectivity index (χ0n) is 17.1. The Labute approximate surface area is 188 Å². The van der Waals surface area contributed by atoms with Crippen molar-refractivity contribution >= 4 is 11.7 Å². The molecule has 2 rings (SSSR count). The molecule has 1 aromatic carbocycles. The minimum Gasteiger partial charge on any atom is -0.356 e. The molecule has 0 aromatic heterocycles. The number of hydrogen-bond acceptors (Lipinski definition) is 1. The van der Waals surface area contributed by atoms with Crippen molar-refractivity contribution in [3.05, 3.63) is 35.9 Å². The van der Waals surface area contributed by atoms with Crippen LogP contribution in [0.25, 0.3) is 0 Å². The van der Waals surface area contributed by atoms with E-state index in [0.29, 0.717) is 19.3 Å². The molecular formula is C19H15F13N2O. The number of amides is 1. The van der Waals surface area contributed by atoms with Gasteiger partial charge < -0.3 is 4.90 Å². The molecule has 0 atom stereocenters. The molecule has 0 aliphatic carbocycles. The summed E-state index contributed by atoms with van der Waals surface area (Å²) >= 11 is 0. The topological polar surface area (TPSA) is 32.7 Å². The maximum absolute atomic E-state index is 14.2. The fraction of sp³-hybridized carbons (Fsp3) is 0.579. The van der Waals surface area contributed by atoms with Gasteiger partial charge in [0.25, 0.3) is 0 Å². The number of nitrogens with zero attached hydrogens (tertiary/aromatic N) is 2. The molecule has 1 aromatic rings. The highest BCUT2D eigenvalue weighted by Gasteiger charge is 2.91. The molecule has 1 fully saturated rings. The standard InChI is InChI=1S/C19H15F13N2O/c20-14(21,15(22,23)16(24,25)17(26,27)18(28,29)19(30,31)32)13(35)33-12(11-7-3-1-4-8-11)34-9-5-2-6-10-34/h1,3-4,7-8H,2,5-6,9-10H2. The number of piperidine rings is 1. The van der Waals surface area contributed by atoms with E-state index in [1.165, 1.54) is 18.2 Å². The van der Waals surface area contributed by atoms with Crippen LogP contribution < -0.4 is 0 Å². The fourth-order valence-electron chi connectivity index (χ4n) is 3.08. The van der Waals surface area contributed by atoms with Gasteiger partial charge in [0.1, 0.15) is 5.84 Å². The van der Waals surface area contributed by atoms with Crippen LogP contribution in [-0.2, 0) is 4.79 Å². The van der Waals surface area contributed by atoms with Crippen molar-refractivity contribution in [3.63, 3.8) is 0 Å². The summed E-state index contributed by atoms with van der Waals surface area (Å²) in [5.41, 5.74) is -0.150. The quantitative estimate of drug-likeness (QED) is 0.248. The Kier molecular flexibility index (Phi) is 7.50. The van der Waals surface area contributed by atoms with Gasteiger partial charge in [0, 0.05) is 18.7 Å². The van der Waals surface area contributed by atoms with Crippen LogP contribution >= 0.6 is 0 Å². The maximum Gasteiger partial charge on any atom is 0.460 e. The molecule has 1 amide bonds. The van der Waals surface area contributed by atoms with Crippen molar-refractivity contribution in [1.82, 2.24) is 4.90 Å². The van der Waals surface area contributed by atoms with Crippen LogP contribution in [0.15, 0.2) is 35.3 Å². The molecule has 0 unspecified atom stereocenters. The first kappa shape index (κ1) is 28.7. The van der Waals surface area contributed by atoms with Crippen molar-refractivity contribution in [1.29, 1.82) is 0 Å². The van der Waals surface area contributed by atoms with E-state index in [1.54, 1.807) is 0 Å². The predicted octanol–water partition coefficient (Wildman–Crippen LogP) is 6.18. The predicted molar refractivity (Wildman–Crippen MR) is 94.2 cm³/mol. The van der Waals surface area contributed by atoms with Gasteiger partial charge >= 0.3 is 41.7 Å². The first-order valence-electron chi connectivity index (χ1n) is 9.62. The van der Waals surface area contributed by atoms with E-state index in [9.17, 15) is 61.9 Å². The van der Waals surface area contributed by atoms with Crippen LogP contribution in [0.1, 0.15) is 24.8 Å². The number of rotatable bonds is 6. The van der Waals surface area contributed by atoms with E-state index in [1.807, 2.05) is 0 Å². The Morgan fingerprint density at radius 1 is 0.657 bits per heavy atom. The zero-order chi connectivity index (χ0) is 27.1. The second-order valence-electron chi connectivity index (χ2n) is 7.52. The number of halogens is 13. The van der Waals surface area contributed by atoms with E-state index in [-0.39, 0.29) is 18.7 Å². The number of benzene rings is 1. The normalized spacial score (nSPS) is 17.5. The summed E-state index contributed by atoms with van der Waals surface area (Å²) in [4.78, 5) is 15.8. The van der Waals surface area contributed by atoms with Gasteiger partial charge in [0.05, 0.1) is 0 Å². The third-order valence-electron chi connectivity index (χ3n) is 5.10. The van der Waals surface area contributed by atoms with Crippen molar-refractivity contribution in [2.24, 2.45) is 4.99 Å². The number of carbonyl (C=O) groups excluding carboxylic acids is 1. The average molecular weight is 534 g/mol. The van der Waals surface area contributed by atoms with Crippen LogP contribution in [0.4, 0.5) is 57.1 Å². The Morgan fingerprint density at radius 2 is 1.11 bits per heavy atom. The van der Waals surface area contributed by atoms with Crippen LogP contribution in [0.5, 0.6) is 0 Å². The summed E-state index contributed by atoms with van der Waals surface area (Å²) in [7, 11) is 0. The molecule has 1 aliphatic rings. The molecule has 35 heavy (non-hydrogen) atoms. The van der Waals surface area contributed by atoms with E-state index < -0.39 is 47.5 Å². The molecule has 1 aliphatic heterocycles. The minimum atomic E-state index is -8.08. The molecule has 0 N–H and O–H groups in total. The van der Waals surface area contributed by atoms with E-state index in [2.05, 4.69) is 4.99 Å². The van der Waals surface area contributed by atoms with Crippen LogP contribution in [0.3, 0.4) is 0 Å². The monoisotopic (exact) mass is 534 g/mol. The average Bonchev–Trinajstić information content (AvgIpc) is 2.77. The van der Waals surface area contributed by atoms with Gasteiger partial charge in [-0.2, -0.15) is 62.1 Å². The highest BCUT2D eigenvalue weighted by atomic mass is 19.4. The number of alkyl halides is 13. The third kappa shape index (κ3) is 4.67. The van der Waals surface area contributed by atoms with Crippen molar-refractivity contribution < 1.29 is 61.9 Å². The lowest BCUT2D eigenvalue weighted by Gasteiger charge is -2.39. The zero-order valence-corrected chi connectivity index (χ0v) is 17.1. The summed E-state index contributed by atoms with van der Waals surface area (Å²) < 4.78 is 173. The van der Waals surface area contributed by atoms with Gasteiger partial charge in [-0.05, 0) is 19.3 Å². The summed E-state index contributed by atoms with van der Waals surface area (Å²) in [6.07, 6.45) is -6.08. The van der Waals surface area contributed by atoms with Crippen molar-refractivity contribution in [2.75, 3.05) is 13.1 Å². The minimum absolute atomic E-state index is 0.0367. The molecule has 3 nitrogen and oxygen atoms in total. The number of amidine groups is 1. The smallest absolute Gasteiger partial charge is 0.356 e. The SMILES string of the molecule is O=C(N=C(c1ccccc1)N1CCCCC1)C(F)(F)C(F)(F)C(F)(F)C(F)(F)C(F)(F)C(F)(F)F. The lowest BCUT2D eigenvalue weighted by Crippen LogP contribution is -2.71. The number of carbonyl (C=O) groups is 1. The number of aliphatic imine (C=N–C) groups is 1. The van der Waals surface area contributed by atoms with E-state index in [0.717, 1.165) is 17.0 Å². The highest BCUT2D eigenvalue weighted by molar-refractivity contribution is 6.06. The Bertz CT molecular complexity index is 936. The van der Waals surface area contributed by atoms with Gasteiger partial charge in [0.15, 0.2) is 0 Å². The van der Waals surface area contributed by atoms with E-state index >= 15 is 0 Å². The van der Waals surface area contributed by atoms with Crippen LogP contribution in [-0.4, -0.2) is 65.5 Å². The molecule has 0 bridgehead atoms. The van der Waals surface area contributed by atoms with Gasteiger partial charge in [-0.1, -0.05) is 30.3 Å². The maximum atomic E-state index is 14.2. The van der Waals surface area contributed by atoms with Crippen molar-refractivity contribution in [3.8, 4) is 0 Å². The molecule has 1 saturated heterocycles. The van der Waals surface area contributed by atoms with E-state index in [4.69, 9.17) is 0 Å².